The summed E-state index contributed by atoms with van der Waals surface area (Å²) in [5.41, 5.74) is 1.20. The van der Waals surface area contributed by atoms with Gasteiger partial charge in [0, 0.05) is 25.4 Å². The zero-order valence-corrected chi connectivity index (χ0v) is 12.1. The number of likely N-dealkylation sites (tertiary alicyclic amines) is 1. The standard InChI is InChI=1S/C15H17N3O3/c1-10-14(11(2)21-17-10)15(19)18-8-5-13(9-18)20-12-3-6-16-7-4-12/h3-4,6-7,13H,5,8-9H2,1-2H3/t13-/m1/s1. The molecule has 0 N–H and O–H groups in total. The van der Waals surface area contributed by atoms with Gasteiger partial charge in [0.1, 0.15) is 23.2 Å². The Morgan fingerprint density at radius 1 is 1.38 bits per heavy atom. The Morgan fingerprint density at radius 3 is 2.81 bits per heavy atom. The fraction of sp³-hybridized carbons (Fsp3) is 0.400. The summed E-state index contributed by atoms with van der Waals surface area (Å²) in [7, 11) is 0. The molecule has 0 radical (unpaired) electrons. The van der Waals surface area contributed by atoms with E-state index >= 15 is 0 Å². The van der Waals surface area contributed by atoms with Crippen LogP contribution >= 0.6 is 0 Å². The van der Waals surface area contributed by atoms with E-state index in [1.54, 1.807) is 31.1 Å². The summed E-state index contributed by atoms with van der Waals surface area (Å²) in [4.78, 5) is 18.3. The van der Waals surface area contributed by atoms with Crippen LogP contribution in [0, 0.1) is 13.8 Å². The number of ether oxygens (including phenoxy) is 1. The highest BCUT2D eigenvalue weighted by atomic mass is 16.5. The van der Waals surface area contributed by atoms with Crippen molar-refractivity contribution in [2.24, 2.45) is 0 Å². The first-order valence-electron chi connectivity index (χ1n) is 6.94. The van der Waals surface area contributed by atoms with Crippen LogP contribution in [0.1, 0.15) is 28.2 Å². The smallest absolute Gasteiger partial charge is 0.259 e. The van der Waals surface area contributed by atoms with Crippen molar-refractivity contribution in [3.8, 4) is 5.75 Å². The van der Waals surface area contributed by atoms with Gasteiger partial charge in [0.15, 0.2) is 0 Å². The number of hydrogen-bond acceptors (Lipinski definition) is 5. The summed E-state index contributed by atoms with van der Waals surface area (Å²) in [5.74, 6) is 1.31. The predicted molar refractivity (Wildman–Crippen MR) is 75.2 cm³/mol. The fourth-order valence-electron chi connectivity index (χ4n) is 2.56. The number of carbonyl (C=O) groups excluding carboxylic acids is 1. The molecular weight excluding hydrogens is 270 g/mol. The number of rotatable bonds is 3. The summed E-state index contributed by atoms with van der Waals surface area (Å²) in [6, 6.07) is 3.64. The molecule has 1 amide bonds. The largest absolute Gasteiger partial charge is 0.488 e. The predicted octanol–water partition coefficient (Wildman–Crippen LogP) is 1.98. The van der Waals surface area contributed by atoms with Crippen LogP contribution in [0.15, 0.2) is 29.0 Å². The number of nitrogens with zero attached hydrogens (tertiary/aromatic N) is 3. The van der Waals surface area contributed by atoms with Gasteiger partial charge in [-0.3, -0.25) is 9.78 Å². The van der Waals surface area contributed by atoms with Crippen LogP contribution < -0.4 is 4.74 Å². The molecule has 6 heteroatoms. The number of carbonyl (C=O) groups is 1. The van der Waals surface area contributed by atoms with Crippen molar-refractivity contribution in [1.29, 1.82) is 0 Å². The lowest BCUT2D eigenvalue weighted by molar-refractivity contribution is 0.0770. The van der Waals surface area contributed by atoms with Crippen LogP contribution in [0.2, 0.25) is 0 Å². The summed E-state index contributed by atoms with van der Waals surface area (Å²) >= 11 is 0. The van der Waals surface area contributed by atoms with Gasteiger partial charge in [-0.15, -0.1) is 0 Å². The second-order valence-electron chi connectivity index (χ2n) is 5.16. The molecule has 6 nitrogen and oxygen atoms in total. The van der Waals surface area contributed by atoms with Gasteiger partial charge in [-0.1, -0.05) is 5.16 Å². The van der Waals surface area contributed by atoms with E-state index in [4.69, 9.17) is 9.26 Å². The van der Waals surface area contributed by atoms with E-state index in [2.05, 4.69) is 10.1 Å². The molecule has 1 atom stereocenters. The van der Waals surface area contributed by atoms with Crippen LogP contribution in [-0.2, 0) is 0 Å². The maximum absolute atomic E-state index is 12.5. The van der Waals surface area contributed by atoms with Gasteiger partial charge >= 0.3 is 0 Å². The second-order valence-corrected chi connectivity index (χ2v) is 5.16. The van der Waals surface area contributed by atoms with Crippen molar-refractivity contribution in [1.82, 2.24) is 15.0 Å². The van der Waals surface area contributed by atoms with E-state index in [0.29, 0.717) is 30.1 Å². The highest BCUT2D eigenvalue weighted by Crippen LogP contribution is 2.21. The Bertz CT molecular complexity index is 619. The zero-order valence-electron chi connectivity index (χ0n) is 12.1. The van der Waals surface area contributed by atoms with Crippen LogP contribution in [-0.4, -0.2) is 40.1 Å². The highest BCUT2D eigenvalue weighted by molar-refractivity contribution is 5.96. The van der Waals surface area contributed by atoms with Crippen LogP contribution in [0.3, 0.4) is 0 Å². The third-order valence-electron chi connectivity index (χ3n) is 3.63. The molecule has 1 saturated heterocycles. The van der Waals surface area contributed by atoms with Gasteiger partial charge in [-0.05, 0) is 26.0 Å². The third kappa shape index (κ3) is 2.74. The van der Waals surface area contributed by atoms with E-state index in [1.807, 2.05) is 12.1 Å². The minimum Gasteiger partial charge on any atom is -0.488 e. The number of pyridine rings is 1. The number of aryl methyl sites for hydroxylation is 2. The number of hydrogen-bond donors (Lipinski definition) is 0. The summed E-state index contributed by atoms with van der Waals surface area (Å²) in [6.07, 6.45) is 4.21. The lowest BCUT2D eigenvalue weighted by Gasteiger charge is -2.17. The summed E-state index contributed by atoms with van der Waals surface area (Å²) in [5, 5.41) is 3.83. The lowest BCUT2D eigenvalue weighted by Crippen LogP contribution is -2.31. The maximum atomic E-state index is 12.5. The molecule has 3 heterocycles. The monoisotopic (exact) mass is 287 g/mol. The Morgan fingerprint density at radius 2 is 2.14 bits per heavy atom. The third-order valence-corrected chi connectivity index (χ3v) is 3.63. The van der Waals surface area contributed by atoms with Crippen molar-refractivity contribution >= 4 is 5.91 Å². The molecule has 110 valence electrons. The topological polar surface area (TPSA) is 68.5 Å². The Labute approximate surface area is 122 Å². The molecule has 2 aromatic rings. The Hall–Kier alpha value is -2.37. The quantitative estimate of drug-likeness (QED) is 0.863. The Balaban J connectivity index is 1.66. The van der Waals surface area contributed by atoms with Crippen LogP contribution in [0.4, 0.5) is 0 Å². The second kappa shape index (κ2) is 5.55. The van der Waals surface area contributed by atoms with Gasteiger partial charge in [-0.2, -0.15) is 0 Å². The molecule has 1 aliphatic heterocycles. The average Bonchev–Trinajstić information content (AvgIpc) is 3.07. The molecule has 1 aliphatic rings. The first-order valence-corrected chi connectivity index (χ1v) is 6.94. The van der Waals surface area contributed by atoms with Crippen LogP contribution in [0.25, 0.3) is 0 Å². The van der Waals surface area contributed by atoms with Gasteiger partial charge in [0.2, 0.25) is 0 Å². The zero-order chi connectivity index (χ0) is 14.8. The van der Waals surface area contributed by atoms with E-state index in [9.17, 15) is 4.79 Å². The molecule has 1 fully saturated rings. The van der Waals surface area contributed by atoms with Crippen molar-refractivity contribution in [3.63, 3.8) is 0 Å². The molecule has 0 aliphatic carbocycles. The Kier molecular flexibility index (Phi) is 3.60. The van der Waals surface area contributed by atoms with E-state index in [0.717, 1.165) is 12.2 Å². The molecule has 2 aromatic heterocycles. The minimum atomic E-state index is -0.0351. The van der Waals surface area contributed by atoms with Gasteiger partial charge < -0.3 is 14.2 Å². The highest BCUT2D eigenvalue weighted by Gasteiger charge is 2.31. The van der Waals surface area contributed by atoms with E-state index in [1.165, 1.54) is 0 Å². The molecule has 0 saturated carbocycles. The van der Waals surface area contributed by atoms with Gasteiger partial charge in [-0.25, -0.2) is 0 Å². The van der Waals surface area contributed by atoms with Crippen molar-refractivity contribution in [3.05, 3.63) is 41.5 Å². The SMILES string of the molecule is Cc1noc(C)c1C(=O)N1CC[C@@H](Oc2ccncc2)C1. The normalized spacial score (nSPS) is 18.0. The minimum absolute atomic E-state index is 0.0109. The van der Waals surface area contributed by atoms with Crippen LogP contribution in [0.5, 0.6) is 5.75 Å². The van der Waals surface area contributed by atoms with Crippen molar-refractivity contribution in [2.45, 2.75) is 26.4 Å². The van der Waals surface area contributed by atoms with Crippen molar-refractivity contribution < 1.29 is 14.1 Å². The van der Waals surface area contributed by atoms with E-state index < -0.39 is 0 Å². The maximum Gasteiger partial charge on any atom is 0.259 e. The first-order chi connectivity index (χ1) is 10.1. The first kappa shape index (κ1) is 13.6. The number of aromatic nitrogens is 2. The van der Waals surface area contributed by atoms with E-state index in [-0.39, 0.29) is 12.0 Å². The molecule has 3 rings (SSSR count). The summed E-state index contributed by atoms with van der Waals surface area (Å²) < 4.78 is 10.9. The summed E-state index contributed by atoms with van der Waals surface area (Å²) in [6.45, 7) is 4.79. The molecule has 0 aromatic carbocycles. The van der Waals surface area contributed by atoms with Gasteiger partial charge in [0.25, 0.3) is 5.91 Å². The fourth-order valence-corrected chi connectivity index (χ4v) is 2.56. The molecule has 21 heavy (non-hydrogen) atoms. The number of amides is 1. The van der Waals surface area contributed by atoms with Crippen molar-refractivity contribution in [2.75, 3.05) is 13.1 Å². The molecule has 0 spiro atoms. The lowest BCUT2D eigenvalue weighted by atomic mass is 10.2. The molecular formula is C15H17N3O3. The molecule has 0 bridgehead atoms. The van der Waals surface area contributed by atoms with Gasteiger partial charge in [0.05, 0.1) is 12.2 Å². The average molecular weight is 287 g/mol. The molecule has 0 unspecified atom stereocenters.